The minimum atomic E-state index is 0.444. The topological polar surface area (TPSA) is 15.3 Å². The number of rotatable bonds is 6. The Morgan fingerprint density at radius 2 is 1.94 bits per heavy atom. The molecule has 94 valence electrons. The van der Waals surface area contributed by atoms with Gasteiger partial charge < -0.3 is 10.2 Å². The molecule has 2 nitrogen and oxygen atoms in total. The van der Waals surface area contributed by atoms with Crippen molar-refractivity contribution in [3.8, 4) is 0 Å². The molecule has 17 heavy (non-hydrogen) atoms. The highest BCUT2D eigenvalue weighted by atomic mass is 15.1. The standard InChI is InChI=1S/C15H24N2/c1-12-4-8-14(9-5-12)15(16-2)11-17(3)10-13-6-7-13/h4-5,8-9,13,15-16H,6-7,10-11H2,1-3H3. The largest absolute Gasteiger partial charge is 0.312 e. The van der Waals surface area contributed by atoms with Crippen molar-refractivity contribution >= 4 is 0 Å². The Balaban J connectivity index is 1.92. The molecule has 1 atom stereocenters. The number of hydrogen-bond donors (Lipinski definition) is 1. The molecule has 0 radical (unpaired) electrons. The second kappa shape index (κ2) is 5.65. The minimum Gasteiger partial charge on any atom is -0.312 e. The van der Waals surface area contributed by atoms with Crippen LogP contribution in [0, 0.1) is 12.8 Å². The van der Waals surface area contributed by atoms with Gasteiger partial charge in [0.15, 0.2) is 0 Å². The SMILES string of the molecule is CNC(CN(C)CC1CC1)c1ccc(C)cc1. The lowest BCUT2D eigenvalue weighted by molar-refractivity contribution is 0.286. The van der Waals surface area contributed by atoms with Crippen LogP contribution < -0.4 is 5.32 Å². The predicted octanol–water partition coefficient (Wildman–Crippen LogP) is 2.60. The highest BCUT2D eigenvalue weighted by Gasteiger charge is 2.23. The summed E-state index contributed by atoms with van der Waals surface area (Å²) in [6, 6.07) is 9.31. The van der Waals surface area contributed by atoms with Gasteiger partial charge in [-0.1, -0.05) is 29.8 Å². The maximum Gasteiger partial charge on any atom is 0.0446 e. The van der Waals surface area contributed by atoms with Gasteiger partial charge in [-0.25, -0.2) is 0 Å². The van der Waals surface area contributed by atoms with Gasteiger partial charge in [0.25, 0.3) is 0 Å². The Labute approximate surface area is 105 Å². The average molecular weight is 232 g/mol. The van der Waals surface area contributed by atoms with E-state index >= 15 is 0 Å². The summed E-state index contributed by atoms with van der Waals surface area (Å²) in [5.74, 6) is 0.968. The quantitative estimate of drug-likeness (QED) is 0.811. The maximum absolute atomic E-state index is 3.42. The molecule has 0 spiro atoms. The molecule has 0 aromatic heterocycles. The molecule has 2 rings (SSSR count). The number of nitrogens with one attached hydrogen (secondary N) is 1. The number of benzene rings is 1. The molecule has 1 saturated carbocycles. The Hall–Kier alpha value is -0.860. The van der Waals surface area contributed by atoms with Crippen molar-refractivity contribution in [1.82, 2.24) is 10.2 Å². The summed E-state index contributed by atoms with van der Waals surface area (Å²) in [7, 11) is 4.28. The molecule has 0 bridgehead atoms. The van der Waals surface area contributed by atoms with Crippen molar-refractivity contribution in [1.29, 1.82) is 0 Å². The number of nitrogens with zero attached hydrogens (tertiary/aromatic N) is 1. The average Bonchev–Trinajstić information content (AvgIpc) is 3.11. The van der Waals surface area contributed by atoms with Crippen LogP contribution in [0.4, 0.5) is 0 Å². The van der Waals surface area contributed by atoms with Gasteiger partial charge in [0.1, 0.15) is 0 Å². The van der Waals surface area contributed by atoms with E-state index in [0.29, 0.717) is 6.04 Å². The zero-order chi connectivity index (χ0) is 12.3. The third-order valence-electron chi connectivity index (χ3n) is 3.59. The predicted molar refractivity (Wildman–Crippen MR) is 73.2 cm³/mol. The van der Waals surface area contributed by atoms with Crippen molar-refractivity contribution < 1.29 is 0 Å². The molecule has 0 aliphatic heterocycles. The van der Waals surface area contributed by atoms with Crippen molar-refractivity contribution in [2.75, 3.05) is 27.2 Å². The first kappa shape index (κ1) is 12.6. The van der Waals surface area contributed by atoms with Crippen molar-refractivity contribution in [3.63, 3.8) is 0 Å². The number of likely N-dealkylation sites (N-methyl/N-ethyl adjacent to an activating group) is 2. The van der Waals surface area contributed by atoms with Crippen LogP contribution in [-0.4, -0.2) is 32.1 Å². The fourth-order valence-corrected chi connectivity index (χ4v) is 2.29. The van der Waals surface area contributed by atoms with E-state index in [1.54, 1.807) is 0 Å². The van der Waals surface area contributed by atoms with E-state index in [9.17, 15) is 0 Å². The molecule has 1 N–H and O–H groups in total. The maximum atomic E-state index is 3.42. The zero-order valence-corrected chi connectivity index (χ0v) is 11.2. The minimum absolute atomic E-state index is 0.444. The molecular weight excluding hydrogens is 208 g/mol. The van der Waals surface area contributed by atoms with Crippen molar-refractivity contribution in [2.24, 2.45) is 5.92 Å². The molecule has 1 aliphatic carbocycles. The first-order valence-electron chi connectivity index (χ1n) is 6.61. The van der Waals surface area contributed by atoms with Gasteiger partial charge in [0.2, 0.25) is 0 Å². The first-order chi connectivity index (χ1) is 8.19. The van der Waals surface area contributed by atoms with Crippen LogP contribution in [0.1, 0.15) is 30.0 Å². The van der Waals surface area contributed by atoms with Crippen molar-refractivity contribution in [3.05, 3.63) is 35.4 Å². The van der Waals surface area contributed by atoms with Crippen LogP contribution in [0.5, 0.6) is 0 Å². The molecule has 0 amide bonds. The van der Waals surface area contributed by atoms with Crippen molar-refractivity contribution in [2.45, 2.75) is 25.8 Å². The van der Waals surface area contributed by atoms with Gasteiger partial charge in [0.05, 0.1) is 0 Å². The van der Waals surface area contributed by atoms with E-state index in [1.165, 1.54) is 30.5 Å². The summed E-state index contributed by atoms with van der Waals surface area (Å²) in [5.41, 5.74) is 2.72. The normalized spacial score (nSPS) is 17.4. The molecule has 0 saturated heterocycles. The number of aryl methyl sites for hydroxylation is 1. The lowest BCUT2D eigenvalue weighted by atomic mass is 10.0. The molecular formula is C15H24N2. The molecule has 1 aromatic rings. The highest BCUT2D eigenvalue weighted by molar-refractivity contribution is 5.24. The van der Waals surface area contributed by atoms with Gasteiger partial charge in [-0.3, -0.25) is 0 Å². The van der Waals surface area contributed by atoms with E-state index in [2.05, 4.69) is 55.5 Å². The third-order valence-corrected chi connectivity index (χ3v) is 3.59. The van der Waals surface area contributed by atoms with E-state index in [-0.39, 0.29) is 0 Å². The molecule has 1 aromatic carbocycles. The first-order valence-corrected chi connectivity index (χ1v) is 6.61. The van der Waals surface area contributed by atoms with E-state index < -0.39 is 0 Å². The smallest absolute Gasteiger partial charge is 0.0446 e. The third kappa shape index (κ3) is 3.83. The van der Waals surface area contributed by atoms with E-state index in [0.717, 1.165) is 12.5 Å². The summed E-state index contributed by atoms with van der Waals surface area (Å²) in [6.45, 7) is 4.48. The van der Waals surface area contributed by atoms with Crippen LogP contribution in [-0.2, 0) is 0 Å². The molecule has 1 unspecified atom stereocenters. The fourth-order valence-electron chi connectivity index (χ4n) is 2.29. The Morgan fingerprint density at radius 1 is 1.29 bits per heavy atom. The summed E-state index contributed by atoms with van der Waals surface area (Å²) in [6.07, 6.45) is 2.86. The second-order valence-corrected chi connectivity index (χ2v) is 5.42. The van der Waals surface area contributed by atoms with Gasteiger partial charge in [-0.15, -0.1) is 0 Å². The van der Waals surface area contributed by atoms with Gasteiger partial charge in [-0.05, 0) is 45.3 Å². The van der Waals surface area contributed by atoms with Crippen LogP contribution >= 0.6 is 0 Å². The van der Waals surface area contributed by atoms with Crippen LogP contribution in [0.25, 0.3) is 0 Å². The Bertz CT molecular complexity index is 340. The molecule has 1 aliphatic rings. The van der Waals surface area contributed by atoms with Crippen LogP contribution in [0.2, 0.25) is 0 Å². The van der Waals surface area contributed by atoms with Gasteiger partial charge in [-0.2, -0.15) is 0 Å². The summed E-state index contributed by atoms with van der Waals surface area (Å²) < 4.78 is 0. The van der Waals surface area contributed by atoms with E-state index in [1.807, 2.05) is 0 Å². The Morgan fingerprint density at radius 3 is 2.47 bits per heavy atom. The highest BCUT2D eigenvalue weighted by Crippen LogP contribution is 2.29. The van der Waals surface area contributed by atoms with Crippen LogP contribution in [0.15, 0.2) is 24.3 Å². The summed E-state index contributed by atoms with van der Waals surface area (Å²) >= 11 is 0. The Kier molecular flexibility index (Phi) is 4.19. The summed E-state index contributed by atoms with van der Waals surface area (Å²) in [4.78, 5) is 2.46. The molecule has 2 heteroatoms. The lowest BCUT2D eigenvalue weighted by Gasteiger charge is -2.24. The fraction of sp³-hybridized carbons (Fsp3) is 0.600. The summed E-state index contributed by atoms with van der Waals surface area (Å²) in [5, 5.41) is 3.42. The van der Waals surface area contributed by atoms with Gasteiger partial charge >= 0.3 is 0 Å². The lowest BCUT2D eigenvalue weighted by Crippen LogP contribution is -2.32. The van der Waals surface area contributed by atoms with Gasteiger partial charge in [0, 0.05) is 19.1 Å². The monoisotopic (exact) mass is 232 g/mol. The zero-order valence-electron chi connectivity index (χ0n) is 11.2. The molecule has 1 fully saturated rings. The second-order valence-electron chi connectivity index (χ2n) is 5.42. The van der Waals surface area contributed by atoms with E-state index in [4.69, 9.17) is 0 Å². The number of hydrogen-bond acceptors (Lipinski definition) is 2. The van der Waals surface area contributed by atoms with Crippen LogP contribution in [0.3, 0.4) is 0 Å². The molecule has 0 heterocycles.